The van der Waals surface area contributed by atoms with Crippen molar-refractivity contribution in [2.45, 2.75) is 59.1 Å². The van der Waals surface area contributed by atoms with Gasteiger partial charge in [-0.05, 0) is 51.5 Å². The second-order valence-corrected chi connectivity index (χ2v) is 10.7. The fourth-order valence-corrected chi connectivity index (χ4v) is 5.59. The zero-order valence-corrected chi connectivity index (χ0v) is 20.4. The van der Waals surface area contributed by atoms with Crippen LogP contribution in [0.15, 0.2) is 42.0 Å². The summed E-state index contributed by atoms with van der Waals surface area (Å²) in [4.78, 5) is 52.7. The van der Waals surface area contributed by atoms with Crippen molar-refractivity contribution in [1.29, 1.82) is 0 Å². The first-order valence-electron chi connectivity index (χ1n) is 12.2. The van der Waals surface area contributed by atoms with Gasteiger partial charge in [0.2, 0.25) is 5.91 Å². The second-order valence-electron chi connectivity index (χ2n) is 10.7. The van der Waals surface area contributed by atoms with Gasteiger partial charge in [0.05, 0.1) is 23.3 Å². The van der Waals surface area contributed by atoms with E-state index in [0.717, 1.165) is 35.3 Å². The quantitative estimate of drug-likeness (QED) is 0.494. The molecule has 0 unspecified atom stereocenters. The molecule has 1 aromatic carbocycles. The van der Waals surface area contributed by atoms with Gasteiger partial charge in [-0.3, -0.25) is 14.4 Å². The molecule has 0 spiro atoms. The predicted molar refractivity (Wildman–Crippen MR) is 126 cm³/mol. The Morgan fingerprint density at radius 2 is 1.80 bits per heavy atom. The Labute approximate surface area is 205 Å². The third-order valence-electron chi connectivity index (χ3n) is 7.33. The summed E-state index contributed by atoms with van der Waals surface area (Å²) in [6.07, 6.45) is 4.49. The van der Waals surface area contributed by atoms with Crippen molar-refractivity contribution >= 4 is 23.9 Å². The van der Waals surface area contributed by atoms with Crippen molar-refractivity contribution in [3.63, 3.8) is 0 Å². The van der Waals surface area contributed by atoms with Gasteiger partial charge in [0.15, 0.2) is 0 Å². The van der Waals surface area contributed by atoms with Crippen LogP contribution >= 0.6 is 0 Å². The molecule has 5 atom stereocenters. The highest BCUT2D eigenvalue weighted by Crippen LogP contribution is 2.50. The van der Waals surface area contributed by atoms with Crippen LogP contribution in [-0.2, 0) is 30.5 Å². The van der Waals surface area contributed by atoms with E-state index >= 15 is 0 Å². The maximum Gasteiger partial charge on any atom is 0.417 e. The molecule has 4 rings (SSSR count). The molecule has 8 heteroatoms. The molecule has 2 amide bonds. The van der Waals surface area contributed by atoms with Crippen LogP contribution in [-0.4, -0.2) is 46.6 Å². The SMILES string of the molecule is CC(C)(C)C(=O)OC[C@@H]1[C@H]2C=C3CCCC[C@H]3[C@@H](C(=O)O)[C@H]2C(=O)N1C(=O)OCc1ccccc1. The number of benzene rings is 1. The van der Waals surface area contributed by atoms with Crippen LogP contribution in [0.5, 0.6) is 0 Å². The van der Waals surface area contributed by atoms with Gasteiger partial charge in [-0.15, -0.1) is 0 Å². The standard InChI is InChI=1S/C27H33NO7/c1-27(2,3)25(32)34-15-20-19-13-17-11-7-8-12-18(17)22(24(30)31)21(19)23(29)28(20)26(33)35-14-16-9-5-4-6-10-16/h4-6,9-10,13,18-22H,7-8,11-12,14-15H2,1-3H3,(H,30,31)/t18-,19-,20-,21+,22-/m1/s1. The topological polar surface area (TPSA) is 110 Å². The minimum absolute atomic E-state index is 0.0284. The molecule has 1 aromatic rings. The minimum Gasteiger partial charge on any atom is -0.481 e. The number of amides is 2. The Balaban J connectivity index is 1.65. The highest BCUT2D eigenvalue weighted by atomic mass is 16.6. The van der Waals surface area contributed by atoms with Crippen LogP contribution < -0.4 is 0 Å². The molecule has 2 fully saturated rings. The van der Waals surface area contributed by atoms with Gasteiger partial charge in [-0.2, -0.15) is 0 Å². The van der Waals surface area contributed by atoms with E-state index in [1.54, 1.807) is 32.9 Å². The average molecular weight is 484 g/mol. The first kappa shape index (κ1) is 24.9. The molecular formula is C27H33NO7. The van der Waals surface area contributed by atoms with Gasteiger partial charge in [0.25, 0.3) is 0 Å². The number of carboxylic acid groups (broad SMARTS) is 1. The lowest BCUT2D eigenvalue weighted by atomic mass is 9.63. The van der Waals surface area contributed by atoms with Crippen LogP contribution in [0.2, 0.25) is 0 Å². The number of carboxylic acids is 1. The van der Waals surface area contributed by atoms with Crippen LogP contribution in [0.3, 0.4) is 0 Å². The van der Waals surface area contributed by atoms with Crippen LogP contribution in [0.25, 0.3) is 0 Å². The van der Waals surface area contributed by atoms with Gasteiger partial charge >= 0.3 is 18.0 Å². The highest BCUT2D eigenvalue weighted by Gasteiger charge is 2.59. The molecule has 1 saturated heterocycles. The zero-order chi connectivity index (χ0) is 25.3. The summed E-state index contributed by atoms with van der Waals surface area (Å²) < 4.78 is 11.0. The fourth-order valence-electron chi connectivity index (χ4n) is 5.59. The Bertz CT molecular complexity index is 1030. The summed E-state index contributed by atoms with van der Waals surface area (Å²) in [6.45, 7) is 4.93. The number of fused-ring (bicyclic) bond motifs is 2. The van der Waals surface area contributed by atoms with E-state index in [1.165, 1.54) is 0 Å². The maximum absolute atomic E-state index is 13.6. The van der Waals surface area contributed by atoms with Crippen molar-refractivity contribution in [1.82, 2.24) is 4.90 Å². The molecule has 188 valence electrons. The lowest BCUT2D eigenvalue weighted by molar-refractivity contribution is -0.155. The number of ether oxygens (including phenoxy) is 2. The number of hydrogen-bond donors (Lipinski definition) is 1. The molecule has 1 N–H and O–H groups in total. The van der Waals surface area contributed by atoms with Gasteiger partial charge in [0.1, 0.15) is 13.2 Å². The van der Waals surface area contributed by atoms with E-state index in [4.69, 9.17) is 9.47 Å². The molecule has 1 saturated carbocycles. The number of hydrogen-bond acceptors (Lipinski definition) is 6. The molecule has 2 aliphatic carbocycles. The van der Waals surface area contributed by atoms with E-state index in [9.17, 15) is 24.3 Å². The van der Waals surface area contributed by atoms with Gasteiger partial charge in [0, 0.05) is 5.92 Å². The van der Waals surface area contributed by atoms with E-state index in [-0.39, 0.29) is 19.1 Å². The van der Waals surface area contributed by atoms with Gasteiger partial charge in [-0.25, -0.2) is 9.69 Å². The fraction of sp³-hybridized carbons (Fsp3) is 0.556. The first-order valence-corrected chi connectivity index (χ1v) is 12.2. The number of allylic oxidation sites excluding steroid dienone is 1. The number of nitrogens with zero attached hydrogens (tertiary/aromatic N) is 1. The van der Waals surface area contributed by atoms with Crippen molar-refractivity contribution in [3.05, 3.63) is 47.5 Å². The molecule has 1 heterocycles. The summed E-state index contributed by atoms with van der Waals surface area (Å²) >= 11 is 0. The molecule has 0 bridgehead atoms. The monoisotopic (exact) mass is 483 g/mol. The van der Waals surface area contributed by atoms with Crippen molar-refractivity contribution in [3.8, 4) is 0 Å². The van der Waals surface area contributed by atoms with Crippen LogP contribution in [0.1, 0.15) is 52.0 Å². The average Bonchev–Trinajstić information content (AvgIpc) is 3.10. The lowest BCUT2D eigenvalue weighted by Crippen LogP contribution is -2.44. The molecule has 0 aromatic heterocycles. The first-order chi connectivity index (χ1) is 16.6. The van der Waals surface area contributed by atoms with E-state index in [1.807, 2.05) is 24.3 Å². The predicted octanol–water partition coefficient (Wildman–Crippen LogP) is 4.19. The number of aliphatic carboxylic acids is 1. The maximum atomic E-state index is 13.6. The number of rotatable bonds is 5. The largest absolute Gasteiger partial charge is 0.481 e. The van der Waals surface area contributed by atoms with E-state index in [2.05, 4.69) is 0 Å². The third-order valence-corrected chi connectivity index (χ3v) is 7.33. The minimum atomic E-state index is -1.03. The van der Waals surface area contributed by atoms with Crippen molar-refractivity contribution in [2.75, 3.05) is 6.61 Å². The Hall–Kier alpha value is -3.16. The molecule has 0 radical (unpaired) electrons. The Morgan fingerprint density at radius 3 is 2.46 bits per heavy atom. The highest BCUT2D eigenvalue weighted by molar-refractivity contribution is 5.98. The molecule has 35 heavy (non-hydrogen) atoms. The lowest BCUT2D eigenvalue weighted by Gasteiger charge is -2.39. The summed E-state index contributed by atoms with van der Waals surface area (Å²) in [6, 6.07) is 8.27. The Kier molecular flexibility index (Phi) is 7.01. The number of carbonyl (C=O) groups is 4. The normalized spacial score (nSPS) is 28.0. The summed E-state index contributed by atoms with van der Waals surface area (Å²) in [5.74, 6) is -4.65. The number of imide groups is 1. The number of esters is 1. The molecule has 3 aliphatic rings. The number of carbonyl (C=O) groups excluding carboxylic acids is 3. The van der Waals surface area contributed by atoms with Crippen molar-refractivity contribution in [2.24, 2.45) is 29.1 Å². The Morgan fingerprint density at radius 1 is 1.09 bits per heavy atom. The second kappa shape index (κ2) is 9.84. The summed E-state index contributed by atoms with van der Waals surface area (Å²) in [5, 5.41) is 10.1. The van der Waals surface area contributed by atoms with Crippen LogP contribution in [0, 0.1) is 29.1 Å². The van der Waals surface area contributed by atoms with Crippen LogP contribution in [0.4, 0.5) is 4.79 Å². The van der Waals surface area contributed by atoms with E-state index in [0.29, 0.717) is 6.42 Å². The molecule has 1 aliphatic heterocycles. The zero-order valence-electron chi connectivity index (χ0n) is 20.4. The smallest absolute Gasteiger partial charge is 0.417 e. The van der Waals surface area contributed by atoms with Crippen molar-refractivity contribution < 1.29 is 33.8 Å². The third kappa shape index (κ3) is 4.97. The molecule has 8 nitrogen and oxygen atoms in total. The summed E-state index contributed by atoms with van der Waals surface area (Å²) in [5.41, 5.74) is 1.03. The van der Waals surface area contributed by atoms with Gasteiger partial charge in [-0.1, -0.05) is 48.4 Å². The summed E-state index contributed by atoms with van der Waals surface area (Å²) in [7, 11) is 0. The van der Waals surface area contributed by atoms with E-state index < -0.39 is 53.1 Å². The molecular weight excluding hydrogens is 450 g/mol. The number of likely N-dealkylation sites (tertiary alicyclic amines) is 1. The van der Waals surface area contributed by atoms with Gasteiger partial charge < -0.3 is 14.6 Å².